The molecule has 0 bridgehead atoms. The number of rotatable bonds is 4. The quantitative estimate of drug-likeness (QED) is 0.652. The van der Waals surface area contributed by atoms with Crippen LogP contribution in [0.4, 0.5) is 0 Å². The van der Waals surface area contributed by atoms with Gasteiger partial charge >= 0.3 is 0 Å². The lowest BCUT2D eigenvalue weighted by Crippen LogP contribution is -2.14. The molecule has 0 saturated heterocycles. The van der Waals surface area contributed by atoms with Crippen molar-refractivity contribution in [2.75, 3.05) is 7.05 Å². The lowest BCUT2D eigenvalue weighted by atomic mass is 10.0. The van der Waals surface area contributed by atoms with E-state index >= 15 is 0 Å². The summed E-state index contributed by atoms with van der Waals surface area (Å²) in [6.45, 7) is 1.56. The largest absolute Gasteiger partial charge is 0.374 e. The first-order valence-corrected chi connectivity index (χ1v) is 6.18. The Hall–Kier alpha value is -1.97. The number of ketones is 1. The van der Waals surface area contributed by atoms with E-state index < -0.39 is 6.23 Å². The zero-order valence-corrected chi connectivity index (χ0v) is 11.1. The highest BCUT2D eigenvalue weighted by Gasteiger charge is 2.05. The molecule has 0 saturated carbocycles. The van der Waals surface area contributed by atoms with E-state index in [9.17, 15) is 9.90 Å². The third-order valence-corrected chi connectivity index (χ3v) is 3.10. The molecule has 0 aliphatic heterocycles. The van der Waals surface area contributed by atoms with Crippen LogP contribution in [-0.2, 0) is 0 Å². The molecule has 2 aromatic carbocycles. The van der Waals surface area contributed by atoms with Gasteiger partial charge in [-0.15, -0.1) is 0 Å². The number of carbonyl (C=O) groups is 1. The fraction of sp³-hybridized carbons (Fsp3) is 0.188. The molecule has 0 aromatic heterocycles. The number of aliphatic hydroxyl groups is 1. The normalized spacial score (nSPS) is 12.2. The minimum atomic E-state index is -0.655. The highest BCUT2D eigenvalue weighted by Crippen LogP contribution is 2.22. The zero-order chi connectivity index (χ0) is 13.8. The van der Waals surface area contributed by atoms with Crippen LogP contribution >= 0.6 is 0 Å². The Labute approximate surface area is 112 Å². The SMILES string of the molecule is CNC(O)c1ccc(-c2cccc(C(C)=O)c2)cc1. The van der Waals surface area contributed by atoms with Gasteiger partial charge in [-0.2, -0.15) is 0 Å². The fourth-order valence-electron chi connectivity index (χ4n) is 1.94. The van der Waals surface area contributed by atoms with Crippen molar-refractivity contribution in [1.82, 2.24) is 5.32 Å². The maximum atomic E-state index is 11.4. The molecule has 0 aliphatic carbocycles. The second-order valence-corrected chi connectivity index (χ2v) is 4.45. The Bertz CT molecular complexity index is 576. The molecule has 0 aliphatic rings. The van der Waals surface area contributed by atoms with Crippen LogP contribution in [0.15, 0.2) is 48.5 Å². The van der Waals surface area contributed by atoms with Gasteiger partial charge in [-0.05, 0) is 36.7 Å². The molecule has 19 heavy (non-hydrogen) atoms. The van der Waals surface area contributed by atoms with Crippen LogP contribution in [0, 0.1) is 0 Å². The number of benzene rings is 2. The van der Waals surface area contributed by atoms with E-state index in [0.29, 0.717) is 5.56 Å². The molecule has 0 fully saturated rings. The smallest absolute Gasteiger partial charge is 0.159 e. The predicted molar refractivity (Wildman–Crippen MR) is 75.9 cm³/mol. The van der Waals surface area contributed by atoms with Gasteiger partial charge in [-0.3, -0.25) is 10.1 Å². The third-order valence-electron chi connectivity index (χ3n) is 3.10. The average Bonchev–Trinajstić information content (AvgIpc) is 2.46. The van der Waals surface area contributed by atoms with Gasteiger partial charge < -0.3 is 5.11 Å². The van der Waals surface area contributed by atoms with E-state index in [2.05, 4.69) is 5.32 Å². The minimum Gasteiger partial charge on any atom is -0.374 e. The van der Waals surface area contributed by atoms with Crippen molar-refractivity contribution in [3.05, 3.63) is 59.7 Å². The molecule has 0 radical (unpaired) electrons. The summed E-state index contributed by atoms with van der Waals surface area (Å²) in [4.78, 5) is 11.4. The summed E-state index contributed by atoms with van der Waals surface area (Å²) in [5, 5.41) is 12.4. The number of hydrogen-bond acceptors (Lipinski definition) is 3. The van der Waals surface area contributed by atoms with Crippen molar-refractivity contribution >= 4 is 5.78 Å². The van der Waals surface area contributed by atoms with Gasteiger partial charge in [0.1, 0.15) is 6.23 Å². The number of aliphatic hydroxyl groups excluding tert-OH is 1. The molecule has 1 atom stereocenters. The van der Waals surface area contributed by atoms with Gasteiger partial charge in [0, 0.05) is 5.56 Å². The number of hydrogen-bond donors (Lipinski definition) is 2. The molecule has 2 N–H and O–H groups in total. The molecule has 3 nitrogen and oxygen atoms in total. The lowest BCUT2D eigenvalue weighted by molar-refractivity contribution is 0.101. The summed E-state index contributed by atoms with van der Waals surface area (Å²) in [7, 11) is 1.70. The van der Waals surface area contributed by atoms with Crippen molar-refractivity contribution in [3.8, 4) is 11.1 Å². The summed E-state index contributed by atoms with van der Waals surface area (Å²) >= 11 is 0. The highest BCUT2D eigenvalue weighted by molar-refractivity contribution is 5.95. The van der Waals surface area contributed by atoms with E-state index in [1.165, 1.54) is 0 Å². The second-order valence-electron chi connectivity index (χ2n) is 4.45. The molecule has 3 heteroatoms. The summed E-state index contributed by atoms with van der Waals surface area (Å²) < 4.78 is 0. The van der Waals surface area contributed by atoms with Crippen molar-refractivity contribution in [3.63, 3.8) is 0 Å². The van der Waals surface area contributed by atoms with Gasteiger partial charge in [0.25, 0.3) is 0 Å². The molecule has 2 aromatic rings. The predicted octanol–water partition coefficient (Wildman–Crippen LogP) is 2.77. The molecule has 0 spiro atoms. The number of Topliss-reactive ketones (excluding diaryl/α,β-unsaturated/α-hetero) is 1. The van der Waals surface area contributed by atoms with Crippen LogP contribution in [0.25, 0.3) is 11.1 Å². The molecular formula is C16H17NO2. The third kappa shape index (κ3) is 3.08. The molecule has 1 unspecified atom stereocenters. The van der Waals surface area contributed by atoms with Gasteiger partial charge in [-0.1, -0.05) is 42.5 Å². The minimum absolute atomic E-state index is 0.0593. The number of carbonyl (C=O) groups excluding carboxylic acids is 1. The second kappa shape index (κ2) is 5.78. The average molecular weight is 255 g/mol. The van der Waals surface area contributed by atoms with Gasteiger partial charge in [0.05, 0.1) is 0 Å². The first kappa shape index (κ1) is 13.5. The Morgan fingerprint density at radius 2 is 1.79 bits per heavy atom. The van der Waals surface area contributed by atoms with Crippen LogP contribution in [0.5, 0.6) is 0 Å². The number of nitrogens with one attached hydrogen (secondary N) is 1. The Morgan fingerprint density at radius 1 is 1.11 bits per heavy atom. The van der Waals surface area contributed by atoms with Gasteiger partial charge in [0.15, 0.2) is 5.78 Å². The van der Waals surface area contributed by atoms with E-state index in [0.717, 1.165) is 16.7 Å². The maximum Gasteiger partial charge on any atom is 0.159 e. The van der Waals surface area contributed by atoms with Crippen molar-refractivity contribution in [1.29, 1.82) is 0 Å². The maximum absolute atomic E-state index is 11.4. The van der Waals surface area contributed by atoms with Crippen LogP contribution in [0.1, 0.15) is 29.1 Å². The molecule has 0 amide bonds. The van der Waals surface area contributed by atoms with Crippen molar-refractivity contribution in [2.24, 2.45) is 0 Å². The molecular weight excluding hydrogens is 238 g/mol. The van der Waals surface area contributed by atoms with E-state index in [1.807, 2.05) is 48.5 Å². The van der Waals surface area contributed by atoms with Gasteiger partial charge in [0.2, 0.25) is 0 Å². The molecule has 98 valence electrons. The Balaban J connectivity index is 2.32. The monoisotopic (exact) mass is 255 g/mol. The summed E-state index contributed by atoms with van der Waals surface area (Å²) in [5.41, 5.74) is 3.54. The van der Waals surface area contributed by atoms with Crippen LogP contribution in [0.2, 0.25) is 0 Å². The summed E-state index contributed by atoms with van der Waals surface area (Å²) in [6, 6.07) is 15.2. The van der Waals surface area contributed by atoms with Gasteiger partial charge in [-0.25, -0.2) is 0 Å². The Kier molecular flexibility index (Phi) is 4.10. The van der Waals surface area contributed by atoms with E-state index in [1.54, 1.807) is 14.0 Å². The molecule has 0 heterocycles. The van der Waals surface area contributed by atoms with Crippen molar-refractivity contribution < 1.29 is 9.90 Å². The van der Waals surface area contributed by atoms with Crippen LogP contribution < -0.4 is 5.32 Å². The lowest BCUT2D eigenvalue weighted by Gasteiger charge is -2.10. The standard InChI is InChI=1S/C16H17NO2/c1-11(18)14-4-3-5-15(10-14)12-6-8-13(9-7-12)16(19)17-2/h3-10,16-17,19H,1-2H3. The Morgan fingerprint density at radius 3 is 2.37 bits per heavy atom. The first-order valence-electron chi connectivity index (χ1n) is 6.18. The topological polar surface area (TPSA) is 49.3 Å². The first-order chi connectivity index (χ1) is 9.11. The summed E-state index contributed by atoms with van der Waals surface area (Å²) in [5.74, 6) is 0.0593. The molecule has 2 rings (SSSR count). The van der Waals surface area contributed by atoms with E-state index in [-0.39, 0.29) is 5.78 Å². The zero-order valence-electron chi connectivity index (χ0n) is 11.1. The fourth-order valence-corrected chi connectivity index (χ4v) is 1.94. The van der Waals surface area contributed by atoms with Crippen LogP contribution in [-0.4, -0.2) is 17.9 Å². The van der Waals surface area contributed by atoms with E-state index in [4.69, 9.17) is 0 Å². The van der Waals surface area contributed by atoms with Crippen LogP contribution in [0.3, 0.4) is 0 Å². The van der Waals surface area contributed by atoms with Crippen molar-refractivity contribution in [2.45, 2.75) is 13.2 Å². The summed E-state index contributed by atoms with van der Waals surface area (Å²) in [6.07, 6.45) is -0.655. The highest BCUT2D eigenvalue weighted by atomic mass is 16.3.